The van der Waals surface area contributed by atoms with Crippen molar-refractivity contribution in [1.82, 2.24) is 19.1 Å². The molecule has 0 spiro atoms. The largest absolute Gasteiger partial charge is 0.499 e. The second-order valence-corrected chi connectivity index (χ2v) is 10.3. The third kappa shape index (κ3) is 5.52. The summed E-state index contributed by atoms with van der Waals surface area (Å²) >= 11 is 12.4. The fourth-order valence-corrected chi connectivity index (χ4v) is 4.48. The predicted octanol–water partition coefficient (Wildman–Crippen LogP) is 3.59. The molecule has 1 N–H and O–H groups in total. The zero-order chi connectivity index (χ0) is 28.9. The van der Waals surface area contributed by atoms with Crippen molar-refractivity contribution >= 4 is 38.9 Å². The van der Waals surface area contributed by atoms with Gasteiger partial charge in [-0.25, -0.2) is 9.37 Å². The average molecular weight is 565 g/mol. The standard InChI is InChI=1S/C26H21B2Cl2FN4O4/c1-13-11-32-20(34-7-5-6-16(23(34)36)25(3,4)38)10-18(13)35-14(2)8-19(21(30)24(35)37)39-26(27,28)22-17(29)9-15(31)12-33-22/h5-12,38H,1-4H3. The number of pyridine rings is 4. The summed E-state index contributed by atoms with van der Waals surface area (Å²) in [7, 11) is 12.1. The van der Waals surface area contributed by atoms with Crippen molar-refractivity contribution < 1.29 is 14.2 Å². The van der Waals surface area contributed by atoms with Crippen LogP contribution in [0, 0.1) is 19.7 Å². The topological polar surface area (TPSA) is 99.2 Å². The Labute approximate surface area is 235 Å². The molecule has 0 aromatic carbocycles. The first-order valence-electron chi connectivity index (χ1n) is 11.5. The van der Waals surface area contributed by atoms with Crippen LogP contribution >= 0.6 is 23.2 Å². The van der Waals surface area contributed by atoms with E-state index in [1.807, 2.05) is 0 Å². The second kappa shape index (κ2) is 10.3. The van der Waals surface area contributed by atoms with Crippen molar-refractivity contribution in [2.45, 2.75) is 38.7 Å². The third-order valence-corrected chi connectivity index (χ3v) is 6.55. The van der Waals surface area contributed by atoms with Gasteiger partial charge in [-0.15, -0.1) is 0 Å². The summed E-state index contributed by atoms with van der Waals surface area (Å²) in [6.07, 6.45) is 3.89. The number of ether oxygens (including phenoxy) is 1. The molecule has 0 unspecified atom stereocenters. The third-order valence-electron chi connectivity index (χ3n) is 5.91. The summed E-state index contributed by atoms with van der Waals surface area (Å²) in [6.45, 7) is 6.38. The zero-order valence-electron chi connectivity index (χ0n) is 21.4. The maximum Gasteiger partial charge on any atom is 0.277 e. The molecule has 0 saturated carbocycles. The van der Waals surface area contributed by atoms with Gasteiger partial charge in [0, 0.05) is 35.8 Å². The SMILES string of the molecule is [B]C([B])(Oc1cc(C)n(-c2cc(-n3cccc(C(C)(C)O)c3=O)ncc2C)c(=O)c1Cl)c1ncc(F)cc1Cl. The number of hydrogen-bond donors (Lipinski definition) is 1. The van der Waals surface area contributed by atoms with Crippen molar-refractivity contribution in [2.75, 3.05) is 0 Å². The molecular formula is C26H21B2Cl2FN4O4. The van der Waals surface area contributed by atoms with E-state index in [0.717, 1.165) is 12.3 Å². The van der Waals surface area contributed by atoms with Gasteiger partial charge in [0.15, 0.2) is 0 Å². The minimum absolute atomic E-state index is 0.149. The molecule has 0 fully saturated rings. The highest BCUT2D eigenvalue weighted by atomic mass is 35.5. The first kappa shape index (κ1) is 28.6. The lowest BCUT2D eigenvalue weighted by molar-refractivity contribution is 0.0767. The van der Waals surface area contributed by atoms with Crippen molar-refractivity contribution in [3.8, 4) is 17.3 Å². The quantitative estimate of drug-likeness (QED) is 0.359. The van der Waals surface area contributed by atoms with Crippen molar-refractivity contribution in [2.24, 2.45) is 0 Å². The number of halogens is 3. The Kier molecular flexibility index (Phi) is 7.55. The number of aliphatic hydroxyl groups is 1. The fraction of sp³-hybridized carbons (Fsp3) is 0.231. The minimum atomic E-state index is -2.15. The van der Waals surface area contributed by atoms with Crippen LogP contribution in [-0.4, -0.2) is 39.9 Å². The normalized spacial score (nSPS) is 12.0. The van der Waals surface area contributed by atoms with Gasteiger partial charge >= 0.3 is 0 Å². The predicted molar refractivity (Wildman–Crippen MR) is 148 cm³/mol. The lowest BCUT2D eigenvalue weighted by Gasteiger charge is -2.29. The number of rotatable bonds is 6. The molecule has 0 aliphatic heterocycles. The summed E-state index contributed by atoms with van der Waals surface area (Å²) in [5.41, 5.74) is -1.12. The van der Waals surface area contributed by atoms with Crippen LogP contribution in [0.5, 0.6) is 5.75 Å². The maximum atomic E-state index is 13.5. The monoisotopic (exact) mass is 564 g/mol. The molecule has 0 amide bonds. The molecule has 196 valence electrons. The minimum Gasteiger partial charge on any atom is -0.499 e. The lowest BCUT2D eigenvalue weighted by Crippen LogP contribution is -2.36. The van der Waals surface area contributed by atoms with E-state index in [1.54, 1.807) is 26.0 Å². The second-order valence-electron chi connectivity index (χ2n) is 9.47. The highest BCUT2D eigenvalue weighted by molar-refractivity contribution is 6.41. The average Bonchev–Trinajstić information content (AvgIpc) is 2.82. The molecule has 0 aliphatic carbocycles. The Bertz CT molecular complexity index is 1720. The molecule has 4 heterocycles. The Hall–Kier alpha value is -3.40. The molecule has 4 rings (SSSR count). The van der Waals surface area contributed by atoms with E-state index in [9.17, 15) is 19.1 Å². The van der Waals surface area contributed by atoms with Crippen LogP contribution in [-0.2, 0) is 11.0 Å². The van der Waals surface area contributed by atoms with Crippen LogP contribution in [0.1, 0.15) is 36.4 Å². The molecule has 0 bridgehead atoms. The number of aryl methyl sites for hydroxylation is 2. The van der Waals surface area contributed by atoms with E-state index >= 15 is 0 Å². The smallest absolute Gasteiger partial charge is 0.277 e. The highest BCUT2D eigenvalue weighted by Crippen LogP contribution is 2.32. The van der Waals surface area contributed by atoms with E-state index in [2.05, 4.69) is 9.97 Å². The van der Waals surface area contributed by atoms with Gasteiger partial charge in [-0.2, -0.15) is 0 Å². The Morgan fingerprint density at radius 2 is 1.74 bits per heavy atom. The van der Waals surface area contributed by atoms with Crippen LogP contribution in [0.3, 0.4) is 0 Å². The van der Waals surface area contributed by atoms with E-state index in [1.165, 1.54) is 47.5 Å². The lowest BCUT2D eigenvalue weighted by atomic mass is 9.63. The van der Waals surface area contributed by atoms with Crippen LogP contribution in [0.25, 0.3) is 11.5 Å². The molecule has 13 heteroatoms. The van der Waals surface area contributed by atoms with Crippen molar-refractivity contribution in [3.63, 3.8) is 0 Å². The van der Waals surface area contributed by atoms with Crippen molar-refractivity contribution in [3.05, 3.63) is 108 Å². The fourth-order valence-electron chi connectivity index (χ4n) is 4.00. The van der Waals surface area contributed by atoms with Crippen molar-refractivity contribution in [1.29, 1.82) is 0 Å². The number of hydrogen-bond acceptors (Lipinski definition) is 6. The van der Waals surface area contributed by atoms with E-state index in [4.69, 9.17) is 43.6 Å². The highest BCUT2D eigenvalue weighted by Gasteiger charge is 2.29. The van der Waals surface area contributed by atoms with Gasteiger partial charge in [-0.05, 0) is 51.5 Å². The summed E-state index contributed by atoms with van der Waals surface area (Å²) < 4.78 is 21.7. The van der Waals surface area contributed by atoms with E-state index < -0.39 is 27.9 Å². The van der Waals surface area contributed by atoms with Gasteiger partial charge in [0.05, 0.1) is 33.6 Å². The molecule has 4 aromatic heterocycles. The van der Waals surface area contributed by atoms with Gasteiger partial charge in [-0.3, -0.25) is 23.7 Å². The molecule has 4 aromatic rings. The molecule has 0 saturated heterocycles. The van der Waals surface area contributed by atoms with Gasteiger partial charge in [-0.1, -0.05) is 23.2 Å². The van der Waals surface area contributed by atoms with Crippen LogP contribution in [0.2, 0.25) is 10.0 Å². The molecule has 0 atom stereocenters. The molecule has 4 radical (unpaired) electrons. The Morgan fingerprint density at radius 1 is 1.05 bits per heavy atom. The summed E-state index contributed by atoms with van der Waals surface area (Å²) in [5, 5.41) is 7.70. The van der Waals surface area contributed by atoms with E-state index in [-0.39, 0.29) is 32.9 Å². The Morgan fingerprint density at radius 3 is 2.38 bits per heavy atom. The van der Waals surface area contributed by atoms with Gasteiger partial charge < -0.3 is 9.84 Å². The summed E-state index contributed by atoms with van der Waals surface area (Å²) in [6, 6.07) is 7.11. The van der Waals surface area contributed by atoms with Gasteiger partial charge in [0.2, 0.25) is 0 Å². The first-order chi connectivity index (χ1) is 18.1. The zero-order valence-corrected chi connectivity index (χ0v) is 22.9. The number of aromatic nitrogens is 4. The maximum absolute atomic E-state index is 13.5. The molecule has 0 aliphatic rings. The van der Waals surface area contributed by atoms with E-state index in [0.29, 0.717) is 16.9 Å². The molecule has 8 nitrogen and oxygen atoms in total. The summed E-state index contributed by atoms with van der Waals surface area (Å²) in [5.74, 6) is -0.629. The molecule has 39 heavy (non-hydrogen) atoms. The van der Waals surface area contributed by atoms with Crippen LogP contribution in [0.15, 0.2) is 58.5 Å². The number of nitrogens with zero attached hydrogens (tertiary/aromatic N) is 4. The Balaban J connectivity index is 1.81. The molecular weight excluding hydrogens is 544 g/mol. The van der Waals surface area contributed by atoms with Crippen LogP contribution < -0.4 is 15.9 Å². The van der Waals surface area contributed by atoms with Crippen LogP contribution in [0.4, 0.5) is 4.39 Å². The first-order valence-corrected chi connectivity index (χ1v) is 12.3. The van der Waals surface area contributed by atoms with Gasteiger partial charge in [0.1, 0.15) is 38.1 Å². The summed E-state index contributed by atoms with van der Waals surface area (Å²) in [4.78, 5) is 34.7. The van der Waals surface area contributed by atoms with Gasteiger partial charge in [0.25, 0.3) is 11.1 Å².